The van der Waals surface area contributed by atoms with Crippen LogP contribution in [0.4, 0.5) is 0 Å². The minimum atomic E-state index is 1.04. The number of aryl methyl sites for hydroxylation is 3. The molecule has 0 aliphatic heterocycles. The summed E-state index contributed by atoms with van der Waals surface area (Å²) in [6.45, 7) is 2.10. The zero-order chi connectivity index (χ0) is 10.5. The van der Waals surface area contributed by atoms with E-state index in [2.05, 4.69) is 37.3 Å². The van der Waals surface area contributed by atoms with Gasteiger partial charge in [0.1, 0.15) is 5.76 Å². The largest absolute Gasteiger partial charge is 0.469 e. The molecular weight excluding hydrogens is 184 g/mol. The van der Waals surface area contributed by atoms with Crippen LogP contribution in [0.5, 0.6) is 0 Å². The Morgan fingerprint density at radius 2 is 1.80 bits per heavy atom. The topological polar surface area (TPSA) is 13.1 Å². The van der Waals surface area contributed by atoms with Gasteiger partial charge in [-0.25, -0.2) is 0 Å². The first-order valence-electron chi connectivity index (χ1n) is 5.43. The van der Waals surface area contributed by atoms with E-state index in [-0.39, 0.29) is 0 Å². The Bertz CT molecular complexity index is 400. The van der Waals surface area contributed by atoms with Crippen molar-refractivity contribution >= 4 is 0 Å². The zero-order valence-electron chi connectivity index (χ0n) is 9.07. The van der Waals surface area contributed by atoms with Gasteiger partial charge >= 0.3 is 0 Å². The molecule has 1 heterocycles. The molecule has 0 saturated carbocycles. The Morgan fingerprint density at radius 3 is 2.47 bits per heavy atom. The van der Waals surface area contributed by atoms with E-state index in [0.29, 0.717) is 0 Å². The minimum absolute atomic E-state index is 1.04. The van der Waals surface area contributed by atoms with Crippen molar-refractivity contribution in [1.82, 2.24) is 0 Å². The molecule has 1 heteroatoms. The van der Waals surface area contributed by atoms with Gasteiger partial charge in [-0.1, -0.05) is 30.3 Å². The molecule has 0 amide bonds. The van der Waals surface area contributed by atoms with Crippen molar-refractivity contribution in [3.63, 3.8) is 0 Å². The number of furan rings is 1. The third kappa shape index (κ3) is 2.72. The summed E-state index contributed by atoms with van der Waals surface area (Å²) in [6, 6.07) is 12.6. The maximum absolute atomic E-state index is 5.40. The van der Waals surface area contributed by atoms with Gasteiger partial charge in [0.25, 0.3) is 0 Å². The van der Waals surface area contributed by atoms with E-state index >= 15 is 0 Å². The van der Waals surface area contributed by atoms with Crippen LogP contribution in [-0.4, -0.2) is 0 Å². The molecule has 0 radical (unpaired) electrons. The predicted octanol–water partition coefficient (Wildman–Crippen LogP) is 3.76. The van der Waals surface area contributed by atoms with Gasteiger partial charge in [-0.05, 0) is 37.0 Å². The highest BCUT2D eigenvalue weighted by atomic mass is 16.3. The fourth-order valence-corrected chi connectivity index (χ4v) is 1.76. The summed E-state index contributed by atoms with van der Waals surface area (Å²) in [4.78, 5) is 0. The first-order chi connectivity index (χ1) is 7.36. The summed E-state index contributed by atoms with van der Waals surface area (Å²) in [7, 11) is 0. The summed E-state index contributed by atoms with van der Waals surface area (Å²) >= 11 is 0. The first kappa shape index (κ1) is 10.0. The van der Waals surface area contributed by atoms with Crippen LogP contribution in [0.25, 0.3) is 0 Å². The molecule has 15 heavy (non-hydrogen) atoms. The Labute approximate surface area is 90.7 Å². The molecule has 2 rings (SSSR count). The van der Waals surface area contributed by atoms with Crippen LogP contribution in [0.15, 0.2) is 47.1 Å². The monoisotopic (exact) mass is 200 g/mol. The van der Waals surface area contributed by atoms with Gasteiger partial charge < -0.3 is 4.42 Å². The fourth-order valence-electron chi connectivity index (χ4n) is 1.76. The van der Waals surface area contributed by atoms with Gasteiger partial charge in [0.2, 0.25) is 0 Å². The minimum Gasteiger partial charge on any atom is -0.469 e. The van der Waals surface area contributed by atoms with Gasteiger partial charge in [0, 0.05) is 6.42 Å². The van der Waals surface area contributed by atoms with Crippen molar-refractivity contribution in [3.8, 4) is 0 Å². The molecule has 0 atom stereocenters. The lowest BCUT2D eigenvalue weighted by Gasteiger charge is -2.00. The summed E-state index contributed by atoms with van der Waals surface area (Å²) < 4.78 is 5.40. The molecule has 0 bridgehead atoms. The zero-order valence-corrected chi connectivity index (χ0v) is 9.07. The van der Waals surface area contributed by atoms with E-state index in [1.807, 2.05) is 6.07 Å². The lowest BCUT2D eigenvalue weighted by molar-refractivity contribution is 0.499. The van der Waals surface area contributed by atoms with Crippen molar-refractivity contribution in [2.75, 3.05) is 0 Å². The average molecular weight is 200 g/mol. The van der Waals surface area contributed by atoms with Gasteiger partial charge in [0.15, 0.2) is 0 Å². The summed E-state index contributed by atoms with van der Waals surface area (Å²) in [5.41, 5.74) is 2.67. The van der Waals surface area contributed by atoms with Crippen molar-refractivity contribution < 1.29 is 4.42 Å². The van der Waals surface area contributed by atoms with Crippen LogP contribution in [0.2, 0.25) is 0 Å². The van der Waals surface area contributed by atoms with Crippen LogP contribution < -0.4 is 0 Å². The van der Waals surface area contributed by atoms with Crippen molar-refractivity contribution in [2.45, 2.75) is 26.2 Å². The van der Waals surface area contributed by atoms with E-state index in [9.17, 15) is 0 Å². The number of benzene rings is 1. The first-order valence-corrected chi connectivity index (χ1v) is 5.43. The second-order valence-electron chi connectivity index (χ2n) is 3.87. The molecule has 0 spiro atoms. The third-order valence-corrected chi connectivity index (χ3v) is 2.68. The molecule has 0 aliphatic rings. The Hall–Kier alpha value is -1.50. The quantitative estimate of drug-likeness (QED) is 0.732. The third-order valence-electron chi connectivity index (χ3n) is 2.68. The Morgan fingerprint density at radius 1 is 1.00 bits per heavy atom. The van der Waals surface area contributed by atoms with E-state index < -0.39 is 0 Å². The highest BCUT2D eigenvalue weighted by Crippen LogP contribution is 2.13. The van der Waals surface area contributed by atoms with Crippen LogP contribution >= 0.6 is 0 Å². The van der Waals surface area contributed by atoms with E-state index in [1.54, 1.807) is 6.26 Å². The van der Waals surface area contributed by atoms with Crippen molar-refractivity contribution in [3.05, 3.63) is 59.5 Å². The number of hydrogen-bond acceptors (Lipinski definition) is 1. The molecule has 78 valence electrons. The molecule has 1 aromatic carbocycles. The van der Waals surface area contributed by atoms with Gasteiger partial charge in [-0.2, -0.15) is 0 Å². The normalized spacial score (nSPS) is 10.5. The van der Waals surface area contributed by atoms with Crippen LogP contribution in [0, 0.1) is 6.92 Å². The highest BCUT2D eigenvalue weighted by Gasteiger charge is 2.01. The number of rotatable bonds is 4. The lowest BCUT2D eigenvalue weighted by Crippen LogP contribution is -1.89. The second-order valence-corrected chi connectivity index (χ2v) is 3.87. The summed E-state index contributed by atoms with van der Waals surface area (Å²) in [5.74, 6) is 1.13. The van der Waals surface area contributed by atoms with Gasteiger partial charge in [-0.15, -0.1) is 0 Å². The average Bonchev–Trinajstić information content (AvgIpc) is 2.66. The number of hydrogen-bond donors (Lipinski definition) is 0. The molecule has 0 fully saturated rings. The molecule has 0 N–H and O–H groups in total. The highest BCUT2D eigenvalue weighted by molar-refractivity contribution is 5.17. The smallest absolute Gasteiger partial charge is 0.106 e. The molecule has 0 aliphatic carbocycles. The summed E-state index contributed by atoms with van der Waals surface area (Å²) in [6.07, 6.45) is 5.08. The molecule has 1 aromatic heterocycles. The Balaban J connectivity index is 1.83. The molecule has 1 nitrogen and oxygen atoms in total. The van der Waals surface area contributed by atoms with Crippen molar-refractivity contribution in [2.24, 2.45) is 0 Å². The van der Waals surface area contributed by atoms with Gasteiger partial charge in [0.05, 0.1) is 6.26 Å². The molecular formula is C14H16O. The van der Waals surface area contributed by atoms with E-state index in [1.165, 1.54) is 11.1 Å². The van der Waals surface area contributed by atoms with Crippen LogP contribution in [-0.2, 0) is 12.8 Å². The molecule has 0 unspecified atom stereocenters. The van der Waals surface area contributed by atoms with Gasteiger partial charge in [-0.3, -0.25) is 0 Å². The molecule has 2 aromatic rings. The standard InChI is InChI=1S/C14H16O/c1-12-10-11-15-14(12)9-5-8-13-6-3-2-4-7-13/h2-4,6-7,10-11H,5,8-9H2,1H3. The van der Waals surface area contributed by atoms with Crippen LogP contribution in [0.1, 0.15) is 23.3 Å². The SMILES string of the molecule is Cc1ccoc1CCCc1ccccc1. The lowest BCUT2D eigenvalue weighted by atomic mass is 10.1. The maximum atomic E-state index is 5.40. The molecule has 0 saturated heterocycles. The van der Waals surface area contributed by atoms with Crippen LogP contribution in [0.3, 0.4) is 0 Å². The Kier molecular flexibility index (Phi) is 3.23. The summed E-state index contributed by atoms with van der Waals surface area (Å²) in [5, 5.41) is 0. The van der Waals surface area contributed by atoms with Crippen molar-refractivity contribution in [1.29, 1.82) is 0 Å². The van der Waals surface area contributed by atoms with E-state index in [0.717, 1.165) is 25.0 Å². The predicted molar refractivity (Wildman–Crippen MR) is 61.9 cm³/mol. The second kappa shape index (κ2) is 4.83. The van der Waals surface area contributed by atoms with E-state index in [4.69, 9.17) is 4.42 Å². The maximum Gasteiger partial charge on any atom is 0.106 e. The fraction of sp³-hybridized carbons (Fsp3) is 0.286.